The van der Waals surface area contributed by atoms with Crippen LogP contribution in [0.25, 0.3) is 11.2 Å². The molecule has 98 valence electrons. The second-order valence-electron chi connectivity index (χ2n) is 4.05. The number of nitrogens with two attached hydrogens (primary N) is 1. The Morgan fingerprint density at radius 2 is 2.26 bits per heavy atom. The van der Waals surface area contributed by atoms with Gasteiger partial charge in [-0.05, 0) is 6.92 Å². The van der Waals surface area contributed by atoms with Gasteiger partial charge in [0, 0.05) is 6.07 Å². The van der Waals surface area contributed by atoms with Gasteiger partial charge in [-0.15, -0.1) is 0 Å². The minimum Gasteiger partial charge on any atom is -0.479 e. The maximum Gasteiger partial charge on any atom is 0.245 e. The van der Waals surface area contributed by atoms with Gasteiger partial charge in [-0.1, -0.05) is 5.16 Å². The maximum absolute atomic E-state index is 5.90. The summed E-state index contributed by atoms with van der Waals surface area (Å²) >= 11 is 0. The molecule has 0 saturated carbocycles. The second-order valence-corrected chi connectivity index (χ2v) is 4.05. The second kappa shape index (κ2) is 4.23. The van der Waals surface area contributed by atoms with Crippen molar-refractivity contribution in [2.24, 2.45) is 0 Å². The van der Waals surface area contributed by atoms with Crippen LogP contribution in [-0.4, -0.2) is 31.8 Å². The van der Waals surface area contributed by atoms with Crippen molar-refractivity contribution in [3.63, 3.8) is 0 Å². The Labute approximate surface area is 108 Å². The lowest BCUT2D eigenvalue weighted by atomic mass is 10.4. The van der Waals surface area contributed by atoms with Crippen molar-refractivity contribution in [1.29, 1.82) is 0 Å². The molecule has 0 radical (unpaired) electrons. The van der Waals surface area contributed by atoms with Gasteiger partial charge in [0.2, 0.25) is 11.8 Å². The summed E-state index contributed by atoms with van der Waals surface area (Å²) in [5.41, 5.74) is 7.83. The molecular formula is C11H12N6O2. The molecule has 3 aromatic rings. The fourth-order valence-corrected chi connectivity index (χ4v) is 1.88. The number of nitrogen functional groups attached to an aromatic ring is 1. The molecule has 8 heteroatoms. The van der Waals surface area contributed by atoms with Crippen LogP contribution >= 0.6 is 0 Å². The first-order valence-electron chi connectivity index (χ1n) is 5.62. The summed E-state index contributed by atoms with van der Waals surface area (Å²) in [6, 6.07) is 1.84. The molecule has 3 rings (SSSR count). The van der Waals surface area contributed by atoms with E-state index in [1.54, 1.807) is 4.57 Å². The van der Waals surface area contributed by atoms with E-state index in [-0.39, 0.29) is 0 Å². The highest BCUT2D eigenvalue weighted by molar-refractivity contribution is 5.78. The van der Waals surface area contributed by atoms with E-state index >= 15 is 0 Å². The van der Waals surface area contributed by atoms with E-state index in [0.29, 0.717) is 35.3 Å². The van der Waals surface area contributed by atoms with Crippen LogP contribution in [0, 0.1) is 6.92 Å². The van der Waals surface area contributed by atoms with Crippen LogP contribution < -0.4 is 10.5 Å². The average Bonchev–Trinajstić information content (AvgIpc) is 2.94. The van der Waals surface area contributed by atoms with Crippen molar-refractivity contribution >= 4 is 17.1 Å². The normalized spacial score (nSPS) is 11.1. The number of imidazole rings is 1. The van der Waals surface area contributed by atoms with Crippen LogP contribution in [0.5, 0.6) is 5.88 Å². The number of fused-ring (bicyclic) bond motifs is 1. The lowest BCUT2D eigenvalue weighted by Crippen LogP contribution is -2.04. The zero-order valence-electron chi connectivity index (χ0n) is 10.5. The molecule has 0 amide bonds. The summed E-state index contributed by atoms with van der Waals surface area (Å²) in [7, 11) is 1.52. The summed E-state index contributed by atoms with van der Waals surface area (Å²) in [4.78, 5) is 12.4. The number of aryl methyl sites for hydroxylation is 1. The van der Waals surface area contributed by atoms with Crippen molar-refractivity contribution in [2.75, 3.05) is 12.8 Å². The quantitative estimate of drug-likeness (QED) is 0.741. The van der Waals surface area contributed by atoms with E-state index in [0.717, 1.165) is 5.69 Å². The summed E-state index contributed by atoms with van der Waals surface area (Å²) < 4.78 is 12.0. The third kappa shape index (κ3) is 1.86. The molecule has 0 saturated heterocycles. The Morgan fingerprint density at radius 1 is 1.42 bits per heavy atom. The van der Waals surface area contributed by atoms with Crippen LogP contribution in [0.1, 0.15) is 11.5 Å². The van der Waals surface area contributed by atoms with E-state index in [2.05, 4.69) is 20.1 Å². The number of ether oxygens (including phenoxy) is 1. The van der Waals surface area contributed by atoms with Crippen LogP contribution in [0.15, 0.2) is 16.9 Å². The number of methoxy groups -OCH3 is 1. The van der Waals surface area contributed by atoms with Gasteiger partial charge in [0.25, 0.3) is 0 Å². The van der Waals surface area contributed by atoms with E-state index < -0.39 is 0 Å². The van der Waals surface area contributed by atoms with Gasteiger partial charge in [-0.25, -0.2) is 9.97 Å². The number of aromatic nitrogens is 5. The number of hydrogen-bond donors (Lipinski definition) is 1. The minimum atomic E-state index is 0.322. The molecule has 0 fully saturated rings. The summed E-state index contributed by atoms with van der Waals surface area (Å²) in [5.74, 6) is 1.40. The number of hydrogen-bond acceptors (Lipinski definition) is 7. The van der Waals surface area contributed by atoms with Gasteiger partial charge < -0.3 is 15.0 Å². The predicted molar refractivity (Wildman–Crippen MR) is 66.6 cm³/mol. The third-order valence-corrected chi connectivity index (χ3v) is 2.71. The molecule has 2 N–H and O–H groups in total. The van der Waals surface area contributed by atoms with Gasteiger partial charge in [0.15, 0.2) is 16.9 Å². The van der Waals surface area contributed by atoms with Crippen LogP contribution in [0.3, 0.4) is 0 Å². The standard InChI is InChI=1S/C11H12N6O2/c1-6-3-7(19-16-6)4-17-9-8(15-11(17)12)10(18-2)14-5-13-9/h3,5H,4H2,1-2H3,(H2,12,15). The SMILES string of the molecule is COc1ncnc2c1nc(N)n2Cc1cc(C)no1. The number of nitrogens with zero attached hydrogens (tertiary/aromatic N) is 5. The first-order chi connectivity index (χ1) is 9.19. The zero-order valence-corrected chi connectivity index (χ0v) is 10.5. The first-order valence-corrected chi connectivity index (χ1v) is 5.62. The predicted octanol–water partition coefficient (Wildman–Crippen LogP) is 0.762. The molecule has 0 aliphatic carbocycles. The summed E-state index contributed by atoms with van der Waals surface area (Å²) in [5, 5.41) is 3.83. The van der Waals surface area contributed by atoms with Crippen molar-refractivity contribution in [3.05, 3.63) is 23.8 Å². The van der Waals surface area contributed by atoms with Crippen molar-refractivity contribution in [3.8, 4) is 5.88 Å². The van der Waals surface area contributed by atoms with E-state index in [1.807, 2.05) is 13.0 Å². The van der Waals surface area contributed by atoms with Gasteiger partial charge in [0.05, 0.1) is 19.3 Å². The van der Waals surface area contributed by atoms with Crippen molar-refractivity contribution in [2.45, 2.75) is 13.5 Å². The Morgan fingerprint density at radius 3 is 2.95 bits per heavy atom. The molecule has 0 aromatic carbocycles. The van der Waals surface area contributed by atoms with Crippen LogP contribution in [0.4, 0.5) is 5.95 Å². The first kappa shape index (κ1) is 11.5. The van der Waals surface area contributed by atoms with Crippen LogP contribution in [0.2, 0.25) is 0 Å². The molecule has 0 atom stereocenters. The third-order valence-electron chi connectivity index (χ3n) is 2.71. The van der Waals surface area contributed by atoms with Crippen LogP contribution in [-0.2, 0) is 6.54 Å². The molecule has 0 unspecified atom stereocenters. The zero-order chi connectivity index (χ0) is 13.4. The lowest BCUT2D eigenvalue weighted by molar-refractivity contribution is 0.374. The molecule has 0 aliphatic heterocycles. The topological polar surface area (TPSA) is 105 Å². The number of rotatable bonds is 3. The highest BCUT2D eigenvalue weighted by atomic mass is 16.5. The minimum absolute atomic E-state index is 0.322. The highest BCUT2D eigenvalue weighted by Gasteiger charge is 2.15. The van der Waals surface area contributed by atoms with Crippen molar-refractivity contribution < 1.29 is 9.26 Å². The smallest absolute Gasteiger partial charge is 0.245 e. The molecule has 3 heterocycles. The largest absolute Gasteiger partial charge is 0.479 e. The molecule has 0 bridgehead atoms. The van der Waals surface area contributed by atoms with E-state index in [1.165, 1.54) is 13.4 Å². The molecule has 0 spiro atoms. The number of anilines is 1. The molecule has 8 nitrogen and oxygen atoms in total. The molecule has 3 aromatic heterocycles. The molecule has 19 heavy (non-hydrogen) atoms. The van der Waals surface area contributed by atoms with Gasteiger partial charge in [-0.2, -0.15) is 4.98 Å². The Bertz CT molecular complexity index is 732. The fraction of sp³-hybridized carbons (Fsp3) is 0.273. The maximum atomic E-state index is 5.90. The van der Waals surface area contributed by atoms with E-state index in [9.17, 15) is 0 Å². The van der Waals surface area contributed by atoms with Gasteiger partial charge in [0.1, 0.15) is 6.33 Å². The lowest BCUT2D eigenvalue weighted by Gasteiger charge is -2.02. The monoisotopic (exact) mass is 260 g/mol. The average molecular weight is 260 g/mol. The highest BCUT2D eigenvalue weighted by Crippen LogP contribution is 2.23. The van der Waals surface area contributed by atoms with E-state index in [4.69, 9.17) is 15.0 Å². The van der Waals surface area contributed by atoms with Gasteiger partial charge >= 0.3 is 0 Å². The fourth-order valence-electron chi connectivity index (χ4n) is 1.88. The van der Waals surface area contributed by atoms with Gasteiger partial charge in [-0.3, -0.25) is 4.57 Å². The molecular weight excluding hydrogens is 248 g/mol. The Hall–Kier alpha value is -2.64. The Balaban J connectivity index is 2.10. The summed E-state index contributed by atoms with van der Waals surface area (Å²) in [6.45, 7) is 2.26. The molecule has 0 aliphatic rings. The Kier molecular flexibility index (Phi) is 2.55. The summed E-state index contributed by atoms with van der Waals surface area (Å²) in [6.07, 6.45) is 1.41. The van der Waals surface area contributed by atoms with Crippen molar-refractivity contribution in [1.82, 2.24) is 24.7 Å².